The second-order valence-corrected chi connectivity index (χ2v) is 5.40. The standard InChI is InChI=1S/C12H25N/c1-10-6-5-7-11(13-4)12(2,3)9-8-10/h10-11,13H,5-9H2,1-4H3/t10-,11-/m1/s1. The normalized spacial score (nSPS) is 35.1. The van der Waals surface area contributed by atoms with Crippen molar-refractivity contribution in [1.29, 1.82) is 0 Å². The fourth-order valence-corrected chi connectivity index (χ4v) is 2.53. The van der Waals surface area contributed by atoms with Crippen LogP contribution in [0.3, 0.4) is 0 Å². The molecule has 0 heterocycles. The number of nitrogens with one attached hydrogen (secondary N) is 1. The molecule has 1 aliphatic carbocycles. The van der Waals surface area contributed by atoms with E-state index in [4.69, 9.17) is 0 Å². The fraction of sp³-hybridized carbons (Fsp3) is 1.00. The first-order chi connectivity index (χ1) is 6.06. The minimum absolute atomic E-state index is 0.490. The molecule has 1 nitrogen and oxygen atoms in total. The maximum atomic E-state index is 3.48. The van der Waals surface area contributed by atoms with Crippen LogP contribution in [0, 0.1) is 11.3 Å². The Morgan fingerprint density at radius 3 is 2.46 bits per heavy atom. The van der Waals surface area contributed by atoms with E-state index in [1.54, 1.807) is 0 Å². The minimum atomic E-state index is 0.490. The van der Waals surface area contributed by atoms with Crippen LogP contribution < -0.4 is 5.32 Å². The molecule has 0 radical (unpaired) electrons. The second kappa shape index (κ2) is 4.45. The quantitative estimate of drug-likeness (QED) is 0.658. The monoisotopic (exact) mass is 183 g/mol. The zero-order valence-corrected chi connectivity index (χ0v) is 9.69. The fourth-order valence-electron chi connectivity index (χ4n) is 2.53. The van der Waals surface area contributed by atoms with Crippen LogP contribution in [0.5, 0.6) is 0 Å². The van der Waals surface area contributed by atoms with Gasteiger partial charge in [-0.2, -0.15) is 0 Å². The molecule has 1 aliphatic rings. The van der Waals surface area contributed by atoms with E-state index in [-0.39, 0.29) is 0 Å². The molecular weight excluding hydrogens is 158 g/mol. The molecule has 78 valence electrons. The first kappa shape index (κ1) is 11.0. The Morgan fingerprint density at radius 2 is 1.85 bits per heavy atom. The molecular formula is C12H25N. The van der Waals surface area contributed by atoms with Crippen molar-refractivity contribution in [1.82, 2.24) is 5.32 Å². The highest BCUT2D eigenvalue weighted by Gasteiger charge is 2.29. The second-order valence-electron chi connectivity index (χ2n) is 5.40. The van der Waals surface area contributed by atoms with E-state index < -0.39 is 0 Å². The number of hydrogen-bond acceptors (Lipinski definition) is 1. The topological polar surface area (TPSA) is 12.0 Å². The van der Waals surface area contributed by atoms with Crippen LogP contribution in [-0.2, 0) is 0 Å². The van der Waals surface area contributed by atoms with Gasteiger partial charge in [-0.1, -0.05) is 40.0 Å². The molecule has 1 N–H and O–H groups in total. The third-order valence-electron chi connectivity index (χ3n) is 3.76. The van der Waals surface area contributed by atoms with Gasteiger partial charge in [-0.3, -0.25) is 0 Å². The smallest absolute Gasteiger partial charge is 0.0115 e. The largest absolute Gasteiger partial charge is 0.316 e. The maximum absolute atomic E-state index is 3.48. The van der Waals surface area contributed by atoms with Gasteiger partial charge in [0.05, 0.1) is 0 Å². The first-order valence-corrected chi connectivity index (χ1v) is 5.73. The van der Waals surface area contributed by atoms with E-state index in [9.17, 15) is 0 Å². The molecule has 0 saturated heterocycles. The first-order valence-electron chi connectivity index (χ1n) is 5.73. The van der Waals surface area contributed by atoms with E-state index in [0.717, 1.165) is 12.0 Å². The molecule has 2 atom stereocenters. The van der Waals surface area contributed by atoms with Crippen molar-refractivity contribution >= 4 is 0 Å². The summed E-state index contributed by atoms with van der Waals surface area (Å²) in [7, 11) is 2.11. The van der Waals surface area contributed by atoms with Crippen molar-refractivity contribution in [3.8, 4) is 0 Å². The molecule has 0 amide bonds. The van der Waals surface area contributed by atoms with Gasteiger partial charge in [-0.05, 0) is 31.2 Å². The average Bonchev–Trinajstić information content (AvgIpc) is 2.07. The van der Waals surface area contributed by atoms with Gasteiger partial charge in [0.1, 0.15) is 0 Å². The summed E-state index contributed by atoms with van der Waals surface area (Å²) >= 11 is 0. The molecule has 0 aliphatic heterocycles. The highest BCUT2D eigenvalue weighted by molar-refractivity contribution is 4.85. The summed E-state index contributed by atoms with van der Waals surface area (Å²) in [5, 5.41) is 3.48. The third kappa shape index (κ3) is 2.98. The Labute approximate surface area is 83.3 Å². The molecule has 0 unspecified atom stereocenters. The summed E-state index contributed by atoms with van der Waals surface area (Å²) in [4.78, 5) is 0. The van der Waals surface area contributed by atoms with Crippen LogP contribution in [0.15, 0.2) is 0 Å². The maximum Gasteiger partial charge on any atom is 0.0115 e. The predicted octanol–water partition coefficient (Wildman–Crippen LogP) is 3.20. The van der Waals surface area contributed by atoms with Gasteiger partial charge in [0.2, 0.25) is 0 Å². The van der Waals surface area contributed by atoms with Gasteiger partial charge < -0.3 is 5.32 Å². The molecule has 0 aromatic heterocycles. The van der Waals surface area contributed by atoms with Crippen LogP contribution in [-0.4, -0.2) is 13.1 Å². The van der Waals surface area contributed by atoms with Gasteiger partial charge in [0, 0.05) is 6.04 Å². The van der Waals surface area contributed by atoms with Gasteiger partial charge >= 0.3 is 0 Å². The summed E-state index contributed by atoms with van der Waals surface area (Å²) in [5.41, 5.74) is 0.490. The highest BCUT2D eigenvalue weighted by Crippen LogP contribution is 2.34. The van der Waals surface area contributed by atoms with Crippen molar-refractivity contribution in [2.24, 2.45) is 11.3 Å². The van der Waals surface area contributed by atoms with Gasteiger partial charge in [-0.15, -0.1) is 0 Å². The molecule has 1 fully saturated rings. The number of rotatable bonds is 1. The minimum Gasteiger partial charge on any atom is -0.316 e. The summed E-state index contributed by atoms with van der Waals surface area (Å²) in [5.74, 6) is 0.942. The van der Waals surface area contributed by atoms with Crippen LogP contribution >= 0.6 is 0 Å². The van der Waals surface area contributed by atoms with Crippen LogP contribution in [0.2, 0.25) is 0 Å². The predicted molar refractivity (Wildman–Crippen MR) is 58.9 cm³/mol. The molecule has 0 bridgehead atoms. The van der Waals surface area contributed by atoms with Crippen LogP contribution in [0.4, 0.5) is 0 Å². The molecule has 13 heavy (non-hydrogen) atoms. The Kier molecular flexibility index (Phi) is 3.78. The van der Waals surface area contributed by atoms with Crippen molar-refractivity contribution in [3.63, 3.8) is 0 Å². The van der Waals surface area contributed by atoms with E-state index in [1.165, 1.54) is 32.1 Å². The molecule has 0 aromatic carbocycles. The van der Waals surface area contributed by atoms with Crippen molar-refractivity contribution in [2.75, 3.05) is 7.05 Å². The summed E-state index contributed by atoms with van der Waals surface area (Å²) in [6.45, 7) is 7.22. The number of hydrogen-bond donors (Lipinski definition) is 1. The summed E-state index contributed by atoms with van der Waals surface area (Å²) in [6.07, 6.45) is 6.96. The van der Waals surface area contributed by atoms with E-state index >= 15 is 0 Å². The van der Waals surface area contributed by atoms with Gasteiger partial charge in [0.15, 0.2) is 0 Å². The highest BCUT2D eigenvalue weighted by atomic mass is 14.9. The SMILES string of the molecule is CN[C@@H]1CCC[C@@H](C)CCC1(C)C. The average molecular weight is 183 g/mol. The van der Waals surface area contributed by atoms with Crippen molar-refractivity contribution < 1.29 is 0 Å². The van der Waals surface area contributed by atoms with Crippen LogP contribution in [0.25, 0.3) is 0 Å². The Morgan fingerprint density at radius 1 is 1.15 bits per heavy atom. The van der Waals surface area contributed by atoms with Crippen molar-refractivity contribution in [3.05, 3.63) is 0 Å². The van der Waals surface area contributed by atoms with E-state index in [1.807, 2.05) is 0 Å². The Hall–Kier alpha value is -0.0400. The summed E-state index contributed by atoms with van der Waals surface area (Å²) < 4.78 is 0. The third-order valence-corrected chi connectivity index (χ3v) is 3.76. The summed E-state index contributed by atoms with van der Waals surface area (Å²) in [6, 6.07) is 0.722. The van der Waals surface area contributed by atoms with Gasteiger partial charge in [0.25, 0.3) is 0 Å². The van der Waals surface area contributed by atoms with Crippen molar-refractivity contribution in [2.45, 2.75) is 58.9 Å². The Balaban J connectivity index is 2.56. The van der Waals surface area contributed by atoms with E-state index in [2.05, 4.69) is 33.1 Å². The lowest BCUT2D eigenvalue weighted by molar-refractivity contribution is 0.179. The van der Waals surface area contributed by atoms with E-state index in [0.29, 0.717) is 5.41 Å². The molecule has 0 spiro atoms. The lowest BCUT2D eigenvalue weighted by Crippen LogP contribution is -2.41. The molecule has 1 rings (SSSR count). The van der Waals surface area contributed by atoms with Crippen LogP contribution in [0.1, 0.15) is 52.9 Å². The molecule has 1 saturated carbocycles. The van der Waals surface area contributed by atoms with Gasteiger partial charge in [-0.25, -0.2) is 0 Å². The zero-order chi connectivity index (χ0) is 9.90. The Bertz CT molecular complexity index is 151. The lowest BCUT2D eigenvalue weighted by Gasteiger charge is -2.37. The molecule has 1 heteroatoms. The molecule has 0 aromatic rings. The zero-order valence-electron chi connectivity index (χ0n) is 9.69. The lowest BCUT2D eigenvalue weighted by atomic mass is 9.74.